The third-order valence-corrected chi connectivity index (χ3v) is 15.7. The fourth-order valence-corrected chi connectivity index (χ4v) is 12.4. The lowest BCUT2D eigenvalue weighted by atomic mass is 9.69. The predicted molar refractivity (Wildman–Crippen MR) is 230 cm³/mol. The van der Waals surface area contributed by atoms with Gasteiger partial charge in [0.05, 0.1) is 29.5 Å². The van der Waals surface area contributed by atoms with Gasteiger partial charge in [0.15, 0.2) is 0 Å². The van der Waals surface area contributed by atoms with Crippen LogP contribution < -0.4 is 11.1 Å². The quantitative estimate of drug-likeness (QED) is 0.0613. The van der Waals surface area contributed by atoms with Gasteiger partial charge in [-0.1, -0.05) is 96.8 Å². The van der Waals surface area contributed by atoms with Gasteiger partial charge >= 0.3 is 5.97 Å². The van der Waals surface area contributed by atoms with Gasteiger partial charge in [-0.15, -0.1) is 0 Å². The summed E-state index contributed by atoms with van der Waals surface area (Å²) in [4.78, 5) is 16.7. The van der Waals surface area contributed by atoms with Crippen molar-refractivity contribution >= 4 is 5.97 Å². The van der Waals surface area contributed by atoms with Crippen LogP contribution in [0.5, 0.6) is 0 Å². The molecule has 2 heterocycles. The molecule has 0 amide bonds. The first kappa shape index (κ1) is 44.0. The van der Waals surface area contributed by atoms with E-state index in [0.29, 0.717) is 49.4 Å². The second kappa shape index (κ2) is 20.6. The van der Waals surface area contributed by atoms with Crippen LogP contribution in [0.25, 0.3) is 0 Å². The molecule has 4 aliphatic carbocycles. The van der Waals surface area contributed by atoms with Crippen molar-refractivity contribution in [3.63, 3.8) is 0 Å². The third kappa shape index (κ3) is 11.6. The summed E-state index contributed by atoms with van der Waals surface area (Å²) in [5.41, 5.74) is 8.88. The number of aromatic nitrogens is 1. The average molecular weight is 790 g/mol. The van der Waals surface area contributed by atoms with Crippen molar-refractivity contribution < 1.29 is 25.2 Å². The summed E-state index contributed by atoms with van der Waals surface area (Å²) in [7, 11) is 0. The van der Waals surface area contributed by atoms with E-state index in [0.717, 1.165) is 63.7 Å². The smallest absolute Gasteiger partial charge is 0.309 e. The maximum atomic E-state index is 13.0. The first-order valence-corrected chi connectivity index (χ1v) is 23.5. The number of carboxylic acid groups (broad SMARTS) is 1. The van der Waals surface area contributed by atoms with E-state index in [4.69, 9.17) is 5.73 Å². The average Bonchev–Trinajstić information content (AvgIpc) is 3.95. The summed E-state index contributed by atoms with van der Waals surface area (Å²) >= 11 is 0. The maximum absolute atomic E-state index is 13.0. The van der Waals surface area contributed by atoms with Gasteiger partial charge in [0.2, 0.25) is 0 Å². The van der Waals surface area contributed by atoms with Gasteiger partial charge in [0.1, 0.15) is 0 Å². The molecule has 0 radical (unpaired) electrons. The topological polar surface area (TPSA) is 152 Å². The van der Waals surface area contributed by atoms with Gasteiger partial charge in [-0.3, -0.25) is 4.79 Å². The lowest BCUT2D eigenvalue weighted by Crippen LogP contribution is -2.42. The summed E-state index contributed by atoms with van der Waals surface area (Å²) in [6.07, 6.45) is 30.0. The maximum Gasteiger partial charge on any atom is 0.309 e. The first-order valence-electron chi connectivity index (χ1n) is 23.5. The van der Waals surface area contributed by atoms with E-state index in [1.807, 2.05) is 6.08 Å². The van der Waals surface area contributed by atoms with Gasteiger partial charge in [0, 0.05) is 30.3 Å². The Hall–Kier alpha value is -2.55. The molecule has 57 heavy (non-hydrogen) atoms. The number of dihydropyridines is 1. The number of nitrogens with one attached hydrogen (secondary N) is 2. The second-order valence-electron chi connectivity index (χ2n) is 19.8. The number of allylic oxidation sites excluding steroid dienone is 3. The van der Waals surface area contributed by atoms with Crippen LogP contribution in [-0.2, 0) is 4.79 Å². The van der Waals surface area contributed by atoms with E-state index in [1.165, 1.54) is 68.2 Å². The molecular weight excluding hydrogens is 711 g/mol. The summed E-state index contributed by atoms with van der Waals surface area (Å²) in [5, 5.41) is 49.2. The highest BCUT2D eigenvalue weighted by molar-refractivity contribution is 5.71. The molecule has 0 aromatic carbocycles. The lowest BCUT2D eigenvalue weighted by Gasteiger charge is -2.39. The number of aliphatic carboxylic acids is 1. The molecule has 8 N–H and O–H groups in total. The van der Waals surface area contributed by atoms with E-state index in [2.05, 4.69) is 61.6 Å². The summed E-state index contributed by atoms with van der Waals surface area (Å²) < 4.78 is 0. The molecule has 1 aromatic heterocycles. The van der Waals surface area contributed by atoms with Crippen LogP contribution in [0.4, 0.5) is 0 Å². The minimum Gasteiger partial charge on any atom is -0.481 e. The molecule has 3 fully saturated rings. The molecule has 0 spiro atoms. The fourth-order valence-electron chi connectivity index (χ4n) is 12.4. The van der Waals surface area contributed by atoms with Crippen molar-refractivity contribution in [2.45, 2.75) is 185 Å². The van der Waals surface area contributed by atoms with Crippen LogP contribution in [0.15, 0.2) is 48.0 Å². The van der Waals surface area contributed by atoms with Crippen molar-refractivity contribution in [2.24, 2.45) is 53.1 Å². The number of nitrogens with two attached hydrogens (primary N) is 1. The van der Waals surface area contributed by atoms with Crippen molar-refractivity contribution in [2.75, 3.05) is 6.54 Å². The largest absolute Gasteiger partial charge is 0.481 e. The van der Waals surface area contributed by atoms with E-state index >= 15 is 0 Å². The van der Waals surface area contributed by atoms with Gasteiger partial charge in [-0.2, -0.15) is 0 Å². The molecule has 8 nitrogen and oxygen atoms in total. The third-order valence-electron chi connectivity index (χ3n) is 15.7. The summed E-state index contributed by atoms with van der Waals surface area (Å²) in [5.74, 6) is 1.69. The predicted octanol–water partition coefficient (Wildman–Crippen LogP) is 9.84. The molecule has 0 saturated heterocycles. The van der Waals surface area contributed by atoms with Gasteiger partial charge in [0.25, 0.3) is 0 Å². The Bertz CT molecular complexity index is 1510. The molecule has 1 aliphatic heterocycles. The second-order valence-corrected chi connectivity index (χ2v) is 19.8. The highest BCUT2D eigenvalue weighted by Gasteiger charge is 2.51. The Morgan fingerprint density at radius 3 is 2.47 bits per heavy atom. The zero-order valence-electron chi connectivity index (χ0n) is 35.7. The highest BCUT2D eigenvalue weighted by atomic mass is 16.4. The Kier molecular flexibility index (Phi) is 15.9. The van der Waals surface area contributed by atoms with Gasteiger partial charge in [-0.25, -0.2) is 0 Å². The molecule has 8 heteroatoms. The van der Waals surface area contributed by atoms with Crippen LogP contribution in [0.3, 0.4) is 0 Å². The number of aliphatic hydroxyl groups excluding tert-OH is 2. The van der Waals surface area contributed by atoms with E-state index in [1.54, 1.807) is 0 Å². The Morgan fingerprint density at radius 1 is 0.965 bits per heavy atom. The molecule has 6 rings (SSSR count). The number of hydrogen-bond donors (Lipinski definition) is 7. The molecule has 0 bridgehead atoms. The summed E-state index contributed by atoms with van der Waals surface area (Å²) in [6.45, 7) is 7.74. The Morgan fingerprint density at radius 2 is 1.74 bits per heavy atom. The lowest BCUT2D eigenvalue weighted by molar-refractivity contribution is -0.150. The van der Waals surface area contributed by atoms with E-state index in [-0.39, 0.29) is 42.1 Å². The number of hydrogen-bond acceptors (Lipinski definition) is 6. The van der Waals surface area contributed by atoms with Crippen molar-refractivity contribution in [1.82, 2.24) is 10.3 Å². The zero-order valence-corrected chi connectivity index (χ0v) is 35.7. The van der Waals surface area contributed by atoms with Crippen LogP contribution in [0.2, 0.25) is 0 Å². The van der Waals surface area contributed by atoms with Gasteiger partial charge < -0.3 is 36.5 Å². The van der Waals surface area contributed by atoms with Crippen molar-refractivity contribution in [3.8, 4) is 0 Å². The minimum absolute atomic E-state index is 0.00460. The molecule has 3 saturated carbocycles. The van der Waals surface area contributed by atoms with E-state index in [9.17, 15) is 25.2 Å². The highest BCUT2D eigenvalue weighted by Crippen LogP contribution is 2.54. The SMILES string of the molecule is CCCCC[C@@H]1C=C[C@@H](CCCC[C@H]2CC[C@@H](c3cc([C@H](C)C[C@@H](C)C4CCCC4)c[nH]3)[C@@H]3C[C@H](CC4=CCNC(N)=C4)C[C@@]3(O)CC[C@H](O)[C@H]2C(=O)O)[C@H](O)C1. The summed E-state index contributed by atoms with van der Waals surface area (Å²) in [6, 6.07) is 2.38. The minimum atomic E-state index is -1.00. The van der Waals surface area contributed by atoms with Crippen LogP contribution in [-0.4, -0.2) is 55.7 Å². The molecule has 1 aromatic rings. The zero-order chi connectivity index (χ0) is 40.5. The number of fused-ring (bicyclic) bond motifs is 1. The number of unbranched alkanes of at least 4 members (excludes halogenated alkanes) is 3. The number of aromatic amines is 1. The number of H-pyrrole nitrogens is 1. The standard InChI is InChI=1S/C49H79N3O5/c1-4-5-6-11-34-16-17-38(45(54)27-34)14-9-10-15-39-18-19-41(43-29-40(31-52-43)33(3)24-32(2)37-12-7-8-13-37)42-26-36(25-35-21-23-51-46(50)28-35)30-49(42,57)22-20-44(53)47(39)48(55)56/h16-17,21,28-29,31-34,36-39,41-42,44-45,47,51-54,57H,4-15,18-20,22-27,30,50H2,1-3H3,(H,55,56)/t32-,33-,34-,36+,38-,39+,41-,42+,44+,45-,47+,49+/m1/s1. The number of carbonyl (C=O) groups is 1. The van der Waals surface area contributed by atoms with Crippen molar-refractivity contribution in [1.29, 1.82) is 0 Å². The number of rotatable bonds is 17. The molecular formula is C49H79N3O5. The van der Waals surface area contributed by atoms with Gasteiger partial charge in [-0.05, 0) is 142 Å². The van der Waals surface area contributed by atoms with Crippen LogP contribution in [0.1, 0.15) is 179 Å². The molecule has 320 valence electrons. The normalized spacial score (nSPS) is 34.9. The monoisotopic (exact) mass is 790 g/mol. The van der Waals surface area contributed by atoms with Crippen molar-refractivity contribution in [3.05, 3.63) is 59.2 Å². The van der Waals surface area contributed by atoms with E-state index < -0.39 is 23.6 Å². The fraction of sp³-hybridized carbons (Fsp3) is 0.776. The Balaban J connectivity index is 1.18. The molecule has 5 aliphatic rings. The first-order chi connectivity index (χ1) is 27.4. The van der Waals surface area contributed by atoms with Crippen LogP contribution >= 0.6 is 0 Å². The van der Waals surface area contributed by atoms with Crippen LogP contribution in [0, 0.1) is 47.3 Å². The Labute approximate surface area is 344 Å². The molecule has 0 unspecified atom stereocenters. The number of aliphatic hydroxyl groups is 3. The molecule has 12 atom stereocenters. The number of carboxylic acids is 1.